The average molecular weight is 290 g/mol. The number of ether oxygens (including phenoxy) is 2. The number of carbonyl (C=O) groups excluding carboxylic acids is 1. The summed E-state index contributed by atoms with van der Waals surface area (Å²) in [6.45, 7) is 10.6. The fraction of sp³-hybridized carbons (Fsp3) is 0.929. The zero-order valence-electron chi connectivity index (χ0n) is 13.0. The van der Waals surface area contributed by atoms with Gasteiger partial charge in [-0.2, -0.15) is 0 Å². The quantitative estimate of drug-likeness (QED) is 0.314. The van der Waals surface area contributed by atoms with Crippen molar-refractivity contribution in [1.29, 1.82) is 0 Å². The van der Waals surface area contributed by atoms with E-state index in [2.05, 4.69) is 26.6 Å². The minimum Gasteiger partial charge on any atom is -0.463 e. The Morgan fingerprint density at radius 1 is 0.947 bits per heavy atom. The van der Waals surface area contributed by atoms with Gasteiger partial charge in [0.05, 0.1) is 19.8 Å². The summed E-state index contributed by atoms with van der Waals surface area (Å²) in [5.41, 5.74) is 0. The molecular formula is C14H30O4Si. The molecule has 0 amide bonds. The Bertz CT molecular complexity index is 226. The summed E-state index contributed by atoms with van der Waals surface area (Å²) in [6.07, 6.45) is 4.93. The molecule has 0 spiro atoms. The lowest BCUT2D eigenvalue weighted by atomic mass is 10.2. The van der Waals surface area contributed by atoms with Crippen LogP contribution in [0, 0.1) is 0 Å². The van der Waals surface area contributed by atoms with Gasteiger partial charge >= 0.3 is 5.97 Å². The Labute approximate surface area is 118 Å². The molecule has 0 saturated carbocycles. The fourth-order valence-corrected chi connectivity index (χ4v) is 2.19. The van der Waals surface area contributed by atoms with Crippen LogP contribution in [0.5, 0.6) is 0 Å². The highest BCUT2D eigenvalue weighted by atomic mass is 28.4. The summed E-state index contributed by atoms with van der Waals surface area (Å²) >= 11 is 0. The predicted octanol–water partition coefficient (Wildman–Crippen LogP) is 3.37. The van der Waals surface area contributed by atoms with E-state index in [4.69, 9.17) is 13.9 Å². The van der Waals surface area contributed by atoms with Gasteiger partial charge in [-0.1, -0.05) is 26.2 Å². The van der Waals surface area contributed by atoms with Gasteiger partial charge in [-0.15, -0.1) is 0 Å². The minimum atomic E-state index is -1.43. The Hall–Kier alpha value is -0.393. The van der Waals surface area contributed by atoms with Gasteiger partial charge in [-0.25, -0.2) is 0 Å². The molecule has 0 unspecified atom stereocenters. The standard InChI is InChI=1S/C14H30O4Si/c1-5-6-7-8-9-14(15)17-12-10-16-11-13-18-19(2,3)4/h5-13H2,1-4H3. The first-order valence-electron chi connectivity index (χ1n) is 7.33. The zero-order valence-corrected chi connectivity index (χ0v) is 14.0. The Kier molecular flexibility index (Phi) is 11.2. The van der Waals surface area contributed by atoms with Crippen LogP contribution in [0.2, 0.25) is 19.6 Å². The molecule has 19 heavy (non-hydrogen) atoms. The highest BCUT2D eigenvalue weighted by Crippen LogP contribution is 2.03. The first-order valence-corrected chi connectivity index (χ1v) is 10.7. The van der Waals surface area contributed by atoms with Crippen LogP contribution in [0.4, 0.5) is 0 Å². The lowest BCUT2D eigenvalue weighted by molar-refractivity contribution is -0.145. The van der Waals surface area contributed by atoms with Gasteiger partial charge in [0.25, 0.3) is 0 Å². The van der Waals surface area contributed by atoms with Crippen molar-refractivity contribution in [1.82, 2.24) is 0 Å². The van der Waals surface area contributed by atoms with E-state index in [1.165, 1.54) is 12.8 Å². The first kappa shape index (κ1) is 18.6. The van der Waals surface area contributed by atoms with Crippen LogP contribution in [0.3, 0.4) is 0 Å². The van der Waals surface area contributed by atoms with Crippen LogP contribution >= 0.6 is 0 Å². The maximum atomic E-state index is 11.3. The average Bonchev–Trinajstić information content (AvgIpc) is 2.32. The van der Waals surface area contributed by atoms with Gasteiger partial charge in [0.1, 0.15) is 6.61 Å². The Balaban J connectivity index is 3.23. The molecule has 0 heterocycles. The maximum Gasteiger partial charge on any atom is 0.305 e. The van der Waals surface area contributed by atoms with Gasteiger partial charge in [0.2, 0.25) is 0 Å². The van der Waals surface area contributed by atoms with E-state index >= 15 is 0 Å². The maximum absolute atomic E-state index is 11.3. The number of esters is 1. The van der Waals surface area contributed by atoms with Gasteiger partial charge in [-0.05, 0) is 26.1 Å². The SMILES string of the molecule is CCCCCCC(=O)OCCOCCO[Si](C)(C)C. The molecule has 5 heteroatoms. The fourth-order valence-electron chi connectivity index (χ4n) is 1.49. The molecule has 4 nitrogen and oxygen atoms in total. The van der Waals surface area contributed by atoms with Crippen LogP contribution in [0.15, 0.2) is 0 Å². The van der Waals surface area contributed by atoms with Crippen molar-refractivity contribution in [2.24, 2.45) is 0 Å². The van der Waals surface area contributed by atoms with Crippen LogP contribution in [0.1, 0.15) is 39.0 Å². The van der Waals surface area contributed by atoms with E-state index in [0.29, 0.717) is 32.8 Å². The van der Waals surface area contributed by atoms with Crippen molar-refractivity contribution in [3.8, 4) is 0 Å². The van der Waals surface area contributed by atoms with E-state index < -0.39 is 8.32 Å². The predicted molar refractivity (Wildman–Crippen MR) is 79.8 cm³/mol. The highest BCUT2D eigenvalue weighted by molar-refractivity contribution is 6.69. The molecule has 0 N–H and O–H groups in total. The topological polar surface area (TPSA) is 44.8 Å². The molecule has 0 aliphatic carbocycles. The van der Waals surface area contributed by atoms with E-state index in [1.54, 1.807) is 0 Å². The lowest BCUT2D eigenvalue weighted by Crippen LogP contribution is -2.27. The lowest BCUT2D eigenvalue weighted by Gasteiger charge is -2.16. The highest BCUT2D eigenvalue weighted by Gasteiger charge is 2.13. The van der Waals surface area contributed by atoms with Crippen molar-refractivity contribution in [3.63, 3.8) is 0 Å². The van der Waals surface area contributed by atoms with Crippen molar-refractivity contribution in [2.75, 3.05) is 26.4 Å². The third kappa shape index (κ3) is 15.6. The summed E-state index contributed by atoms with van der Waals surface area (Å²) in [4.78, 5) is 11.3. The van der Waals surface area contributed by atoms with E-state index in [9.17, 15) is 4.79 Å². The van der Waals surface area contributed by atoms with E-state index in [1.807, 2.05) is 0 Å². The molecular weight excluding hydrogens is 260 g/mol. The molecule has 0 radical (unpaired) electrons. The van der Waals surface area contributed by atoms with E-state index in [0.717, 1.165) is 12.8 Å². The minimum absolute atomic E-state index is 0.113. The number of hydrogen-bond acceptors (Lipinski definition) is 4. The van der Waals surface area contributed by atoms with Crippen LogP contribution < -0.4 is 0 Å². The zero-order chi connectivity index (χ0) is 14.6. The molecule has 0 saturated heterocycles. The van der Waals surface area contributed by atoms with E-state index in [-0.39, 0.29) is 5.97 Å². The Morgan fingerprint density at radius 3 is 2.26 bits per heavy atom. The molecule has 0 atom stereocenters. The number of carbonyl (C=O) groups is 1. The second-order valence-electron chi connectivity index (χ2n) is 5.60. The van der Waals surface area contributed by atoms with Gasteiger partial charge in [-0.3, -0.25) is 4.79 Å². The summed E-state index contributed by atoms with van der Waals surface area (Å²) in [5.74, 6) is -0.113. The molecule has 0 aliphatic rings. The molecule has 0 bridgehead atoms. The molecule has 0 aromatic heterocycles. The third-order valence-corrected chi connectivity index (χ3v) is 3.56. The van der Waals surface area contributed by atoms with Crippen LogP contribution in [-0.2, 0) is 18.7 Å². The second kappa shape index (κ2) is 11.4. The smallest absolute Gasteiger partial charge is 0.305 e. The van der Waals surface area contributed by atoms with Crippen molar-refractivity contribution in [2.45, 2.75) is 58.7 Å². The second-order valence-corrected chi connectivity index (χ2v) is 10.1. The van der Waals surface area contributed by atoms with Crippen LogP contribution in [0.25, 0.3) is 0 Å². The number of rotatable bonds is 12. The monoisotopic (exact) mass is 290 g/mol. The number of unbranched alkanes of at least 4 members (excludes halogenated alkanes) is 3. The molecule has 0 aliphatic heterocycles. The van der Waals surface area contributed by atoms with Gasteiger partial charge < -0.3 is 13.9 Å². The molecule has 0 rings (SSSR count). The first-order chi connectivity index (χ1) is 8.95. The summed E-state index contributed by atoms with van der Waals surface area (Å²) in [5, 5.41) is 0. The summed E-state index contributed by atoms with van der Waals surface area (Å²) < 4.78 is 16.1. The van der Waals surface area contributed by atoms with Gasteiger partial charge in [0, 0.05) is 6.42 Å². The van der Waals surface area contributed by atoms with Crippen molar-refractivity contribution < 1.29 is 18.7 Å². The normalized spacial score (nSPS) is 11.6. The molecule has 114 valence electrons. The van der Waals surface area contributed by atoms with Gasteiger partial charge in [0.15, 0.2) is 8.32 Å². The molecule has 0 aromatic carbocycles. The van der Waals surface area contributed by atoms with Crippen LogP contribution in [-0.4, -0.2) is 40.7 Å². The number of hydrogen-bond donors (Lipinski definition) is 0. The van der Waals surface area contributed by atoms with Crippen molar-refractivity contribution >= 4 is 14.3 Å². The summed E-state index contributed by atoms with van der Waals surface area (Å²) in [7, 11) is -1.43. The Morgan fingerprint density at radius 2 is 1.63 bits per heavy atom. The molecule has 0 aromatic rings. The summed E-state index contributed by atoms with van der Waals surface area (Å²) in [6, 6.07) is 0. The third-order valence-electron chi connectivity index (χ3n) is 2.49. The van der Waals surface area contributed by atoms with Crippen molar-refractivity contribution in [3.05, 3.63) is 0 Å². The largest absolute Gasteiger partial charge is 0.463 e. The molecule has 0 fully saturated rings.